The lowest BCUT2D eigenvalue weighted by molar-refractivity contribution is -0.160. The number of carbonyl (C=O) groups excluding carboxylic acids is 2. The first-order chi connectivity index (χ1) is 14.1. The predicted molar refractivity (Wildman–Crippen MR) is 116 cm³/mol. The molecule has 0 spiro atoms. The van der Waals surface area contributed by atoms with E-state index in [0.29, 0.717) is 18.8 Å². The molecule has 1 N–H and O–H groups in total. The minimum absolute atomic E-state index is 0.248. The SMILES string of the molecule is CCCO[C@@H](CC)[C@@H](Oc1ccccc1)[C@H](C)OC(=O)C(C)NC(=O)OC(C)(C)C. The Hall–Kier alpha value is -2.28. The van der Waals surface area contributed by atoms with E-state index in [4.69, 9.17) is 18.9 Å². The van der Waals surface area contributed by atoms with Crippen molar-refractivity contribution in [2.45, 2.75) is 91.3 Å². The first-order valence-corrected chi connectivity index (χ1v) is 10.6. The second-order valence-electron chi connectivity index (χ2n) is 8.22. The third-order valence-corrected chi connectivity index (χ3v) is 4.17. The van der Waals surface area contributed by atoms with E-state index in [1.807, 2.05) is 44.2 Å². The summed E-state index contributed by atoms with van der Waals surface area (Å²) in [6.45, 7) is 13.2. The molecular weight excluding hydrogens is 386 g/mol. The van der Waals surface area contributed by atoms with Crippen molar-refractivity contribution < 1.29 is 28.5 Å². The minimum Gasteiger partial charge on any atom is -0.484 e. The van der Waals surface area contributed by atoms with Gasteiger partial charge in [-0.25, -0.2) is 9.59 Å². The molecule has 4 atom stereocenters. The highest BCUT2D eigenvalue weighted by Crippen LogP contribution is 2.20. The van der Waals surface area contributed by atoms with Crippen molar-refractivity contribution in [1.82, 2.24) is 5.32 Å². The van der Waals surface area contributed by atoms with E-state index in [0.717, 1.165) is 6.42 Å². The molecule has 1 amide bonds. The van der Waals surface area contributed by atoms with Crippen LogP contribution in [0.5, 0.6) is 5.75 Å². The van der Waals surface area contributed by atoms with Crippen LogP contribution in [0.2, 0.25) is 0 Å². The van der Waals surface area contributed by atoms with Gasteiger partial charge in [-0.05, 0) is 59.6 Å². The summed E-state index contributed by atoms with van der Waals surface area (Å²) in [5.41, 5.74) is -0.652. The number of ether oxygens (including phenoxy) is 4. The van der Waals surface area contributed by atoms with Crippen LogP contribution < -0.4 is 10.1 Å². The summed E-state index contributed by atoms with van der Waals surface area (Å²) in [7, 11) is 0. The normalized spacial score (nSPS) is 15.4. The molecule has 0 aromatic heterocycles. The number of hydrogen-bond donors (Lipinski definition) is 1. The molecule has 1 rings (SSSR count). The fourth-order valence-corrected chi connectivity index (χ4v) is 2.74. The summed E-state index contributed by atoms with van der Waals surface area (Å²) in [6, 6.07) is 8.49. The number of para-hydroxylation sites is 1. The van der Waals surface area contributed by atoms with Gasteiger partial charge in [-0.15, -0.1) is 0 Å². The lowest BCUT2D eigenvalue weighted by Crippen LogP contribution is -2.48. The van der Waals surface area contributed by atoms with E-state index < -0.39 is 35.9 Å². The molecule has 7 heteroatoms. The standard InChI is InChI=1S/C23H37NO6/c1-8-15-27-19(9-2)20(29-18-13-11-10-12-14-18)17(4)28-21(25)16(3)24-22(26)30-23(5,6)7/h10-14,16-17,19-20H,8-9,15H2,1-7H3,(H,24,26)/t16?,17-,19-,20-/m0/s1. The maximum Gasteiger partial charge on any atom is 0.408 e. The molecule has 0 heterocycles. The molecule has 1 aromatic rings. The third-order valence-electron chi connectivity index (χ3n) is 4.17. The molecule has 0 saturated carbocycles. The summed E-state index contributed by atoms with van der Waals surface area (Å²) >= 11 is 0. The van der Waals surface area contributed by atoms with Crippen molar-refractivity contribution in [3.8, 4) is 5.75 Å². The van der Waals surface area contributed by atoms with Gasteiger partial charge in [0.1, 0.15) is 23.5 Å². The van der Waals surface area contributed by atoms with Gasteiger partial charge in [0, 0.05) is 6.61 Å². The summed E-state index contributed by atoms with van der Waals surface area (Å²) in [4.78, 5) is 24.5. The van der Waals surface area contributed by atoms with Crippen LogP contribution in [0.3, 0.4) is 0 Å². The van der Waals surface area contributed by atoms with Crippen molar-refractivity contribution in [3.05, 3.63) is 30.3 Å². The second kappa shape index (κ2) is 12.4. The van der Waals surface area contributed by atoms with Gasteiger partial charge in [0.05, 0.1) is 6.10 Å². The molecule has 0 fully saturated rings. The molecule has 170 valence electrons. The Morgan fingerprint density at radius 3 is 2.23 bits per heavy atom. The Balaban J connectivity index is 2.82. The summed E-state index contributed by atoms with van der Waals surface area (Å²) in [6.07, 6.45) is -0.439. The molecule has 1 unspecified atom stereocenters. The summed E-state index contributed by atoms with van der Waals surface area (Å²) < 4.78 is 22.9. The average molecular weight is 424 g/mol. The highest BCUT2D eigenvalue weighted by Gasteiger charge is 2.33. The molecular formula is C23H37NO6. The first-order valence-electron chi connectivity index (χ1n) is 10.6. The maximum absolute atomic E-state index is 12.5. The van der Waals surface area contributed by atoms with Gasteiger partial charge in [0.25, 0.3) is 0 Å². The van der Waals surface area contributed by atoms with Crippen molar-refractivity contribution in [2.75, 3.05) is 6.61 Å². The molecule has 30 heavy (non-hydrogen) atoms. The average Bonchev–Trinajstić information content (AvgIpc) is 2.66. The van der Waals surface area contributed by atoms with Crippen molar-refractivity contribution >= 4 is 12.1 Å². The number of hydrogen-bond acceptors (Lipinski definition) is 6. The van der Waals surface area contributed by atoms with E-state index >= 15 is 0 Å². The van der Waals surface area contributed by atoms with E-state index in [-0.39, 0.29) is 6.10 Å². The molecule has 1 aromatic carbocycles. The van der Waals surface area contributed by atoms with E-state index in [1.54, 1.807) is 34.6 Å². The number of carbonyl (C=O) groups is 2. The molecule has 7 nitrogen and oxygen atoms in total. The molecule has 0 saturated heterocycles. The van der Waals surface area contributed by atoms with Crippen LogP contribution in [0.4, 0.5) is 4.79 Å². The van der Waals surface area contributed by atoms with E-state index in [9.17, 15) is 9.59 Å². The zero-order chi connectivity index (χ0) is 22.7. The van der Waals surface area contributed by atoms with Crippen molar-refractivity contribution in [1.29, 1.82) is 0 Å². The van der Waals surface area contributed by atoms with Crippen molar-refractivity contribution in [3.63, 3.8) is 0 Å². The van der Waals surface area contributed by atoms with Crippen LogP contribution in [0, 0.1) is 0 Å². The van der Waals surface area contributed by atoms with Crippen LogP contribution in [0.15, 0.2) is 30.3 Å². The summed E-state index contributed by atoms with van der Waals surface area (Å²) in [5, 5.41) is 2.50. The lowest BCUT2D eigenvalue weighted by Gasteiger charge is -2.32. The molecule has 0 radical (unpaired) electrons. The predicted octanol–water partition coefficient (Wildman–Crippen LogP) is 4.48. The highest BCUT2D eigenvalue weighted by atomic mass is 16.6. The fourth-order valence-electron chi connectivity index (χ4n) is 2.74. The first kappa shape index (κ1) is 25.8. The van der Waals surface area contributed by atoms with Crippen LogP contribution in [0.25, 0.3) is 0 Å². The number of nitrogens with one attached hydrogen (secondary N) is 1. The molecule has 0 aliphatic carbocycles. The second-order valence-corrected chi connectivity index (χ2v) is 8.22. The monoisotopic (exact) mass is 423 g/mol. The topological polar surface area (TPSA) is 83.1 Å². The molecule has 0 aliphatic heterocycles. The Morgan fingerprint density at radius 2 is 1.70 bits per heavy atom. The number of amides is 1. The van der Waals surface area contributed by atoms with Gasteiger partial charge < -0.3 is 24.3 Å². The zero-order valence-corrected chi connectivity index (χ0v) is 19.3. The van der Waals surface area contributed by atoms with Gasteiger partial charge in [0.2, 0.25) is 0 Å². The van der Waals surface area contributed by atoms with Gasteiger partial charge >= 0.3 is 12.1 Å². The van der Waals surface area contributed by atoms with E-state index in [2.05, 4.69) is 5.32 Å². The van der Waals surface area contributed by atoms with Gasteiger partial charge in [-0.3, -0.25) is 0 Å². The third kappa shape index (κ3) is 9.48. The van der Waals surface area contributed by atoms with Crippen molar-refractivity contribution in [2.24, 2.45) is 0 Å². The zero-order valence-electron chi connectivity index (χ0n) is 19.3. The smallest absolute Gasteiger partial charge is 0.408 e. The maximum atomic E-state index is 12.5. The Morgan fingerprint density at radius 1 is 1.07 bits per heavy atom. The summed E-state index contributed by atoms with van der Waals surface area (Å²) in [5.74, 6) is 0.101. The molecule has 0 aliphatic rings. The Kier molecular flexibility index (Phi) is 10.7. The van der Waals surface area contributed by atoms with Gasteiger partial charge in [-0.2, -0.15) is 0 Å². The minimum atomic E-state index is -0.865. The lowest BCUT2D eigenvalue weighted by atomic mass is 10.1. The van der Waals surface area contributed by atoms with E-state index in [1.165, 1.54) is 0 Å². The number of rotatable bonds is 11. The van der Waals surface area contributed by atoms with Crippen LogP contribution in [-0.4, -0.2) is 48.6 Å². The number of benzene rings is 1. The number of esters is 1. The Labute approximate surface area is 180 Å². The van der Waals surface area contributed by atoms with Gasteiger partial charge in [-0.1, -0.05) is 32.0 Å². The van der Waals surface area contributed by atoms with Gasteiger partial charge in [0.15, 0.2) is 6.10 Å². The largest absolute Gasteiger partial charge is 0.484 e. The molecule has 0 bridgehead atoms. The highest BCUT2D eigenvalue weighted by molar-refractivity contribution is 5.81. The quantitative estimate of drug-likeness (QED) is 0.528. The number of alkyl carbamates (subject to hydrolysis) is 1. The fraction of sp³-hybridized carbons (Fsp3) is 0.652. The van der Waals surface area contributed by atoms with Crippen LogP contribution in [-0.2, 0) is 19.0 Å². The van der Waals surface area contributed by atoms with Crippen LogP contribution in [0.1, 0.15) is 61.3 Å². The van der Waals surface area contributed by atoms with Crippen LogP contribution >= 0.6 is 0 Å². The Bertz CT molecular complexity index is 643.